The Morgan fingerprint density at radius 3 is 2.56 bits per heavy atom. The first kappa shape index (κ1) is 15.4. The summed E-state index contributed by atoms with van der Waals surface area (Å²) in [6.45, 7) is 9.11. The van der Waals surface area contributed by atoms with Crippen LogP contribution in [0.1, 0.15) is 47.0 Å². The molecule has 1 fully saturated rings. The summed E-state index contributed by atoms with van der Waals surface area (Å²) in [4.78, 5) is 14.4. The highest BCUT2D eigenvalue weighted by atomic mass is 16.5. The molecule has 1 heterocycles. The van der Waals surface area contributed by atoms with Crippen LogP contribution in [0.15, 0.2) is 0 Å². The molecule has 0 saturated carbocycles. The number of ether oxygens (including phenoxy) is 1. The molecule has 0 aliphatic carbocycles. The Kier molecular flexibility index (Phi) is 6.09. The normalized spacial score (nSPS) is 26.1. The highest BCUT2D eigenvalue weighted by Crippen LogP contribution is 2.23. The van der Waals surface area contributed by atoms with E-state index in [0.717, 1.165) is 19.3 Å². The van der Waals surface area contributed by atoms with Gasteiger partial charge in [-0.25, -0.2) is 0 Å². The number of rotatable bonds is 7. The van der Waals surface area contributed by atoms with Gasteiger partial charge >= 0.3 is 0 Å². The maximum absolute atomic E-state index is 12.5. The zero-order chi connectivity index (χ0) is 13.7. The molecule has 1 amide bonds. The molecule has 0 aromatic rings. The average molecular weight is 256 g/mol. The van der Waals surface area contributed by atoms with Gasteiger partial charge in [-0.1, -0.05) is 33.6 Å². The van der Waals surface area contributed by atoms with Crippen molar-refractivity contribution in [2.75, 3.05) is 13.7 Å². The summed E-state index contributed by atoms with van der Waals surface area (Å²) in [5, 5.41) is 3.49. The van der Waals surface area contributed by atoms with Gasteiger partial charge in [-0.3, -0.25) is 10.1 Å². The van der Waals surface area contributed by atoms with E-state index in [-0.39, 0.29) is 24.2 Å². The third-order valence-electron chi connectivity index (χ3n) is 3.58. The number of hydrogen-bond donors (Lipinski definition) is 1. The number of hydrogen-bond acceptors (Lipinski definition) is 3. The average Bonchev–Trinajstić information content (AvgIpc) is 2.64. The van der Waals surface area contributed by atoms with Crippen molar-refractivity contribution in [3.63, 3.8) is 0 Å². The Hall–Kier alpha value is -0.610. The van der Waals surface area contributed by atoms with E-state index in [2.05, 4.69) is 33.0 Å². The first-order valence-electron chi connectivity index (χ1n) is 7.10. The zero-order valence-electron chi connectivity index (χ0n) is 12.4. The summed E-state index contributed by atoms with van der Waals surface area (Å²) in [6.07, 6.45) is 3.31. The molecule has 1 aliphatic rings. The zero-order valence-corrected chi connectivity index (χ0v) is 12.4. The third kappa shape index (κ3) is 3.45. The third-order valence-corrected chi connectivity index (χ3v) is 3.58. The second-order valence-corrected chi connectivity index (χ2v) is 5.60. The van der Waals surface area contributed by atoms with Crippen molar-refractivity contribution in [2.24, 2.45) is 5.92 Å². The molecular weight excluding hydrogens is 228 g/mol. The molecule has 0 aromatic carbocycles. The van der Waals surface area contributed by atoms with Gasteiger partial charge in [0, 0.05) is 7.11 Å². The Bertz CT molecular complexity index is 269. The summed E-state index contributed by atoms with van der Waals surface area (Å²) in [5.74, 6) is 0.659. The van der Waals surface area contributed by atoms with Gasteiger partial charge in [-0.2, -0.15) is 0 Å². The van der Waals surface area contributed by atoms with Crippen molar-refractivity contribution in [1.82, 2.24) is 10.2 Å². The minimum atomic E-state index is -0.00310. The molecule has 106 valence electrons. The lowest BCUT2D eigenvalue weighted by atomic mass is 10.1. The van der Waals surface area contributed by atoms with Gasteiger partial charge < -0.3 is 9.64 Å². The minimum absolute atomic E-state index is 0.00310. The van der Waals surface area contributed by atoms with Crippen LogP contribution in [0, 0.1) is 5.92 Å². The highest BCUT2D eigenvalue weighted by molar-refractivity contribution is 5.84. The number of unbranched alkanes of at least 4 members (excludes halogenated alkanes) is 1. The Morgan fingerprint density at radius 2 is 2.06 bits per heavy atom. The number of carbonyl (C=O) groups excluding carboxylic acids is 1. The van der Waals surface area contributed by atoms with Crippen LogP contribution in [0.4, 0.5) is 0 Å². The van der Waals surface area contributed by atoms with Gasteiger partial charge in [-0.15, -0.1) is 0 Å². The molecule has 1 saturated heterocycles. The fraction of sp³-hybridized carbons (Fsp3) is 0.929. The van der Waals surface area contributed by atoms with Crippen molar-refractivity contribution in [3.8, 4) is 0 Å². The molecule has 1 aliphatic heterocycles. The van der Waals surface area contributed by atoms with Gasteiger partial charge in [0.25, 0.3) is 0 Å². The molecule has 3 unspecified atom stereocenters. The van der Waals surface area contributed by atoms with Gasteiger partial charge in [0.15, 0.2) is 0 Å². The van der Waals surface area contributed by atoms with E-state index < -0.39 is 0 Å². The van der Waals surface area contributed by atoms with E-state index in [0.29, 0.717) is 12.5 Å². The molecule has 18 heavy (non-hydrogen) atoms. The Balaban J connectivity index is 2.74. The number of nitrogens with zero attached hydrogens (tertiary/aromatic N) is 1. The molecule has 4 heteroatoms. The molecule has 4 nitrogen and oxygen atoms in total. The van der Waals surface area contributed by atoms with E-state index in [1.54, 1.807) is 7.11 Å². The lowest BCUT2D eigenvalue weighted by Crippen LogP contribution is -2.47. The van der Waals surface area contributed by atoms with Gasteiger partial charge in [0.1, 0.15) is 0 Å². The predicted octanol–water partition coefficient (Wildman–Crippen LogP) is 1.99. The first-order valence-corrected chi connectivity index (χ1v) is 7.10. The highest BCUT2D eigenvalue weighted by Gasteiger charge is 2.41. The van der Waals surface area contributed by atoms with Crippen LogP contribution >= 0.6 is 0 Å². The Labute approximate surface area is 111 Å². The van der Waals surface area contributed by atoms with Crippen LogP contribution in [-0.4, -0.2) is 42.8 Å². The maximum Gasteiger partial charge on any atom is 0.241 e. The standard InChI is InChI=1S/C14H28N2O2/c1-6-7-8-12-14(17)16(11(4)9-18-5)13(15-12)10(2)3/h10-13,15H,6-9H2,1-5H3. The van der Waals surface area contributed by atoms with Crippen LogP contribution in [0.2, 0.25) is 0 Å². The fourth-order valence-corrected chi connectivity index (χ4v) is 2.62. The number of amides is 1. The van der Waals surface area contributed by atoms with Gasteiger partial charge in [0.05, 0.1) is 24.9 Å². The smallest absolute Gasteiger partial charge is 0.241 e. The molecule has 0 bridgehead atoms. The molecular formula is C14H28N2O2. The monoisotopic (exact) mass is 256 g/mol. The predicted molar refractivity (Wildman–Crippen MR) is 73.3 cm³/mol. The van der Waals surface area contributed by atoms with Crippen molar-refractivity contribution in [2.45, 2.75) is 65.2 Å². The SMILES string of the molecule is CCCCC1NC(C(C)C)N(C(C)COC)C1=O. The summed E-state index contributed by atoms with van der Waals surface area (Å²) in [5.41, 5.74) is 0. The molecule has 1 N–H and O–H groups in total. The minimum Gasteiger partial charge on any atom is -0.383 e. The fourth-order valence-electron chi connectivity index (χ4n) is 2.62. The van der Waals surface area contributed by atoms with Crippen LogP contribution in [0.5, 0.6) is 0 Å². The summed E-state index contributed by atoms with van der Waals surface area (Å²) in [7, 11) is 1.68. The second-order valence-electron chi connectivity index (χ2n) is 5.60. The van der Waals surface area contributed by atoms with E-state index >= 15 is 0 Å². The molecule has 3 atom stereocenters. The van der Waals surface area contributed by atoms with Crippen molar-refractivity contribution in [1.29, 1.82) is 0 Å². The van der Waals surface area contributed by atoms with Crippen LogP contribution < -0.4 is 5.32 Å². The van der Waals surface area contributed by atoms with Crippen LogP contribution in [0.3, 0.4) is 0 Å². The van der Waals surface area contributed by atoms with Gasteiger partial charge in [-0.05, 0) is 19.3 Å². The molecule has 0 aromatic heterocycles. The molecule has 0 radical (unpaired) electrons. The number of carbonyl (C=O) groups is 1. The van der Waals surface area contributed by atoms with E-state index in [1.165, 1.54) is 0 Å². The van der Waals surface area contributed by atoms with Gasteiger partial charge in [0.2, 0.25) is 5.91 Å². The summed E-state index contributed by atoms with van der Waals surface area (Å²) >= 11 is 0. The van der Waals surface area contributed by atoms with Crippen molar-refractivity contribution in [3.05, 3.63) is 0 Å². The number of methoxy groups -OCH3 is 1. The Morgan fingerprint density at radius 1 is 1.39 bits per heavy atom. The maximum atomic E-state index is 12.5. The summed E-state index contributed by atoms with van der Waals surface area (Å²) < 4.78 is 5.19. The first-order chi connectivity index (χ1) is 8.52. The van der Waals surface area contributed by atoms with E-state index in [9.17, 15) is 4.79 Å². The van der Waals surface area contributed by atoms with Crippen molar-refractivity contribution < 1.29 is 9.53 Å². The van der Waals surface area contributed by atoms with E-state index in [1.807, 2.05) is 4.90 Å². The quantitative estimate of drug-likeness (QED) is 0.757. The topological polar surface area (TPSA) is 41.6 Å². The van der Waals surface area contributed by atoms with Crippen LogP contribution in [-0.2, 0) is 9.53 Å². The largest absolute Gasteiger partial charge is 0.383 e. The lowest BCUT2D eigenvalue weighted by molar-refractivity contribution is -0.133. The molecule has 1 rings (SSSR count). The van der Waals surface area contributed by atoms with E-state index in [4.69, 9.17) is 4.74 Å². The lowest BCUT2D eigenvalue weighted by Gasteiger charge is -2.32. The molecule has 0 spiro atoms. The van der Waals surface area contributed by atoms with Crippen LogP contribution in [0.25, 0.3) is 0 Å². The van der Waals surface area contributed by atoms with Crippen molar-refractivity contribution >= 4 is 5.91 Å². The summed E-state index contributed by atoms with van der Waals surface area (Å²) in [6, 6.07) is 0.130. The number of nitrogens with one attached hydrogen (secondary N) is 1. The second kappa shape index (κ2) is 7.10.